The molecule has 0 amide bonds. The van der Waals surface area contributed by atoms with Crippen LogP contribution in [0.2, 0.25) is 0 Å². The normalized spacial score (nSPS) is 14.9. The molecule has 0 saturated heterocycles. The average molecular weight is 317 g/mol. The molecule has 1 aliphatic rings. The molecule has 0 aliphatic carbocycles. The molecule has 0 spiro atoms. The van der Waals surface area contributed by atoms with Crippen LogP contribution in [0.15, 0.2) is 41.0 Å². The zero-order chi connectivity index (χ0) is 13.2. The summed E-state index contributed by atoms with van der Waals surface area (Å²) in [5, 5.41) is 0. The number of benzene rings is 1. The number of anilines is 1. The fraction of sp³-hybridized carbons (Fsp3) is 0.312. The molecule has 1 aliphatic heterocycles. The van der Waals surface area contributed by atoms with E-state index in [1.165, 1.54) is 16.7 Å². The molecule has 0 fully saturated rings. The topological polar surface area (TPSA) is 16.1 Å². The van der Waals surface area contributed by atoms with Gasteiger partial charge in [0.25, 0.3) is 0 Å². The van der Waals surface area contributed by atoms with Crippen molar-refractivity contribution in [1.29, 1.82) is 0 Å². The summed E-state index contributed by atoms with van der Waals surface area (Å²) in [6, 6.07) is 10.8. The van der Waals surface area contributed by atoms with Crippen molar-refractivity contribution >= 4 is 21.7 Å². The molecule has 0 unspecified atom stereocenters. The van der Waals surface area contributed by atoms with Crippen LogP contribution in [0.3, 0.4) is 0 Å². The lowest BCUT2D eigenvalue weighted by Gasteiger charge is -2.23. The number of aryl methyl sites for hydroxylation is 1. The van der Waals surface area contributed by atoms with Gasteiger partial charge in [-0.2, -0.15) is 0 Å². The van der Waals surface area contributed by atoms with E-state index in [2.05, 4.69) is 57.0 Å². The van der Waals surface area contributed by atoms with Crippen LogP contribution in [-0.4, -0.2) is 18.1 Å². The van der Waals surface area contributed by atoms with E-state index in [-0.39, 0.29) is 0 Å². The highest BCUT2D eigenvalue weighted by atomic mass is 79.9. The Labute approximate surface area is 122 Å². The SMILES string of the molecule is Cc1ccnc(N2CCc3ccccc3CC2)c1Br. The third kappa shape index (κ3) is 2.52. The summed E-state index contributed by atoms with van der Waals surface area (Å²) in [6.07, 6.45) is 4.09. The molecule has 2 heterocycles. The van der Waals surface area contributed by atoms with Crippen LogP contribution < -0.4 is 4.90 Å². The fourth-order valence-electron chi connectivity index (χ4n) is 2.63. The van der Waals surface area contributed by atoms with Crippen molar-refractivity contribution in [3.63, 3.8) is 0 Å². The van der Waals surface area contributed by atoms with Gasteiger partial charge in [-0.15, -0.1) is 0 Å². The molecule has 2 aromatic rings. The molecule has 1 aromatic carbocycles. The van der Waals surface area contributed by atoms with Gasteiger partial charge in [-0.1, -0.05) is 24.3 Å². The molecule has 0 N–H and O–H groups in total. The van der Waals surface area contributed by atoms with Crippen LogP contribution in [-0.2, 0) is 12.8 Å². The molecule has 0 atom stereocenters. The average Bonchev–Trinajstić information content (AvgIpc) is 2.65. The molecule has 0 bridgehead atoms. The quantitative estimate of drug-likeness (QED) is 0.796. The van der Waals surface area contributed by atoms with Gasteiger partial charge in [0.1, 0.15) is 5.82 Å². The Morgan fingerprint density at radius 3 is 2.32 bits per heavy atom. The molecule has 3 rings (SSSR count). The summed E-state index contributed by atoms with van der Waals surface area (Å²) in [6.45, 7) is 4.18. The third-order valence-corrected chi connectivity index (χ3v) is 4.76. The Morgan fingerprint density at radius 2 is 1.68 bits per heavy atom. The number of nitrogens with zero attached hydrogens (tertiary/aromatic N) is 2. The maximum Gasteiger partial charge on any atom is 0.143 e. The van der Waals surface area contributed by atoms with Crippen molar-refractivity contribution in [1.82, 2.24) is 4.98 Å². The van der Waals surface area contributed by atoms with Gasteiger partial charge in [-0.3, -0.25) is 0 Å². The molecule has 2 nitrogen and oxygen atoms in total. The zero-order valence-electron chi connectivity index (χ0n) is 11.1. The fourth-order valence-corrected chi connectivity index (χ4v) is 3.11. The van der Waals surface area contributed by atoms with Gasteiger partial charge in [0.15, 0.2) is 0 Å². The lowest BCUT2D eigenvalue weighted by atomic mass is 10.0. The van der Waals surface area contributed by atoms with E-state index in [0.29, 0.717) is 0 Å². The second-order valence-corrected chi connectivity index (χ2v) is 5.81. The molecule has 0 saturated carbocycles. The van der Waals surface area contributed by atoms with Gasteiger partial charge < -0.3 is 4.90 Å². The second-order valence-electron chi connectivity index (χ2n) is 5.02. The summed E-state index contributed by atoms with van der Waals surface area (Å²) >= 11 is 3.67. The smallest absolute Gasteiger partial charge is 0.143 e. The van der Waals surface area contributed by atoms with Crippen LogP contribution in [0.25, 0.3) is 0 Å². The number of pyridine rings is 1. The predicted octanol–water partition coefficient (Wildman–Crippen LogP) is 3.76. The van der Waals surface area contributed by atoms with Crippen LogP contribution in [0, 0.1) is 6.92 Å². The lowest BCUT2D eigenvalue weighted by molar-refractivity contribution is 0.787. The molecule has 98 valence electrons. The van der Waals surface area contributed by atoms with Crippen molar-refractivity contribution in [2.24, 2.45) is 0 Å². The molecule has 1 aromatic heterocycles. The zero-order valence-corrected chi connectivity index (χ0v) is 12.7. The number of aromatic nitrogens is 1. The first-order valence-electron chi connectivity index (χ1n) is 6.68. The summed E-state index contributed by atoms with van der Waals surface area (Å²) in [5.41, 5.74) is 4.20. The van der Waals surface area contributed by atoms with E-state index in [4.69, 9.17) is 0 Å². The summed E-state index contributed by atoms with van der Waals surface area (Å²) < 4.78 is 1.13. The van der Waals surface area contributed by atoms with E-state index in [0.717, 1.165) is 36.2 Å². The second kappa shape index (κ2) is 5.33. The molecule has 3 heteroatoms. The Balaban J connectivity index is 1.88. The molecular formula is C16H17BrN2. The van der Waals surface area contributed by atoms with Crippen molar-refractivity contribution in [2.45, 2.75) is 19.8 Å². The molecule has 19 heavy (non-hydrogen) atoms. The summed E-state index contributed by atoms with van der Waals surface area (Å²) in [7, 11) is 0. The number of halogens is 1. The van der Waals surface area contributed by atoms with E-state index >= 15 is 0 Å². The van der Waals surface area contributed by atoms with E-state index < -0.39 is 0 Å². The number of hydrogen-bond donors (Lipinski definition) is 0. The molecule has 0 radical (unpaired) electrons. The van der Waals surface area contributed by atoms with Gasteiger partial charge >= 0.3 is 0 Å². The van der Waals surface area contributed by atoms with Crippen LogP contribution in [0.5, 0.6) is 0 Å². The maximum absolute atomic E-state index is 4.55. The van der Waals surface area contributed by atoms with Crippen LogP contribution in [0.4, 0.5) is 5.82 Å². The van der Waals surface area contributed by atoms with E-state index in [9.17, 15) is 0 Å². The monoisotopic (exact) mass is 316 g/mol. The Morgan fingerprint density at radius 1 is 1.05 bits per heavy atom. The summed E-state index contributed by atoms with van der Waals surface area (Å²) in [5.74, 6) is 1.08. The number of rotatable bonds is 1. The van der Waals surface area contributed by atoms with Gasteiger partial charge in [0.05, 0.1) is 4.47 Å². The highest BCUT2D eigenvalue weighted by Gasteiger charge is 2.17. The van der Waals surface area contributed by atoms with Gasteiger partial charge in [-0.05, 0) is 58.5 Å². The minimum Gasteiger partial charge on any atom is -0.355 e. The molecular weight excluding hydrogens is 300 g/mol. The minimum atomic E-state index is 1.03. The Bertz CT molecular complexity index is 568. The third-order valence-electron chi connectivity index (χ3n) is 3.78. The number of fused-ring (bicyclic) bond motifs is 1. The van der Waals surface area contributed by atoms with Gasteiger partial charge in [0, 0.05) is 19.3 Å². The predicted molar refractivity (Wildman–Crippen MR) is 82.7 cm³/mol. The Hall–Kier alpha value is -1.35. The van der Waals surface area contributed by atoms with Crippen molar-refractivity contribution in [3.05, 3.63) is 57.7 Å². The van der Waals surface area contributed by atoms with Gasteiger partial charge in [-0.25, -0.2) is 4.98 Å². The van der Waals surface area contributed by atoms with Crippen molar-refractivity contribution < 1.29 is 0 Å². The Kier molecular flexibility index (Phi) is 3.56. The first kappa shape index (κ1) is 12.7. The van der Waals surface area contributed by atoms with E-state index in [1.807, 2.05) is 12.3 Å². The van der Waals surface area contributed by atoms with Crippen molar-refractivity contribution in [2.75, 3.05) is 18.0 Å². The highest BCUT2D eigenvalue weighted by molar-refractivity contribution is 9.10. The number of hydrogen-bond acceptors (Lipinski definition) is 2. The largest absolute Gasteiger partial charge is 0.355 e. The summed E-state index contributed by atoms with van der Waals surface area (Å²) in [4.78, 5) is 6.93. The lowest BCUT2D eigenvalue weighted by Crippen LogP contribution is -2.27. The van der Waals surface area contributed by atoms with E-state index in [1.54, 1.807) is 0 Å². The standard InChI is InChI=1S/C16H17BrN2/c1-12-6-9-18-16(15(12)17)19-10-7-13-4-2-3-5-14(13)8-11-19/h2-6,9H,7-8,10-11H2,1H3. The first-order valence-corrected chi connectivity index (χ1v) is 7.48. The highest BCUT2D eigenvalue weighted by Crippen LogP contribution is 2.28. The maximum atomic E-state index is 4.55. The van der Waals surface area contributed by atoms with Gasteiger partial charge in [0.2, 0.25) is 0 Å². The van der Waals surface area contributed by atoms with Crippen LogP contribution >= 0.6 is 15.9 Å². The minimum absolute atomic E-state index is 1.03. The first-order chi connectivity index (χ1) is 9.25. The van der Waals surface area contributed by atoms with Crippen molar-refractivity contribution in [3.8, 4) is 0 Å². The van der Waals surface area contributed by atoms with Crippen LogP contribution in [0.1, 0.15) is 16.7 Å².